The van der Waals surface area contributed by atoms with Gasteiger partial charge in [-0.15, -0.1) is 0 Å². The summed E-state index contributed by atoms with van der Waals surface area (Å²) in [7, 11) is 1.63. The van der Waals surface area contributed by atoms with Crippen LogP contribution in [0.3, 0.4) is 0 Å². The molecule has 0 aliphatic carbocycles. The van der Waals surface area contributed by atoms with E-state index in [9.17, 15) is 4.79 Å². The molecule has 0 saturated carbocycles. The largest absolute Gasteiger partial charge is 0.497 e. The van der Waals surface area contributed by atoms with Crippen molar-refractivity contribution in [1.82, 2.24) is 0 Å². The molecule has 0 N–H and O–H groups in total. The van der Waals surface area contributed by atoms with Crippen LogP contribution in [0.1, 0.15) is 6.92 Å². The second-order valence-corrected chi connectivity index (χ2v) is 4.98. The summed E-state index contributed by atoms with van der Waals surface area (Å²) in [5.74, 6) is 0.597. The number of benzene rings is 1. The summed E-state index contributed by atoms with van der Waals surface area (Å²) in [6, 6.07) is 7.64. The van der Waals surface area contributed by atoms with Crippen molar-refractivity contribution in [2.45, 2.75) is 6.92 Å². The summed E-state index contributed by atoms with van der Waals surface area (Å²) in [5, 5.41) is 0.678. The lowest BCUT2D eigenvalue weighted by Crippen LogP contribution is -2.23. The summed E-state index contributed by atoms with van der Waals surface area (Å²) in [4.78, 5) is 18.1. The molecule has 94 valence electrons. The average Bonchev–Trinajstić information content (AvgIpc) is 2.69. The van der Waals surface area contributed by atoms with Crippen LogP contribution >= 0.6 is 11.8 Å². The fourth-order valence-corrected chi connectivity index (χ4v) is 2.55. The number of carbonyl (C=O) groups is 1. The van der Waals surface area contributed by atoms with Gasteiger partial charge in [0.1, 0.15) is 5.75 Å². The van der Waals surface area contributed by atoms with E-state index in [-0.39, 0.29) is 5.91 Å². The number of anilines is 1. The highest BCUT2D eigenvalue weighted by Crippen LogP contribution is 2.33. The van der Waals surface area contributed by atoms with Crippen LogP contribution in [0, 0.1) is 0 Å². The fourth-order valence-electron chi connectivity index (χ4n) is 1.64. The van der Waals surface area contributed by atoms with Gasteiger partial charge in [-0.25, -0.2) is 0 Å². The Balaban J connectivity index is 2.29. The first-order valence-corrected chi connectivity index (χ1v) is 6.28. The van der Waals surface area contributed by atoms with Gasteiger partial charge < -0.3 is 9.64 Å². The van der Waals surface area contributed by atoms with Crippen LogP contribution in [-0.2, 0) is 4.79 Å². The zero-order valence-corrected chi connectivity index (χ0v) is 11.2. The molecule has 5 heteroatoms. The number of thioether (sulfide) groups is 1. The SMILES string of the molecule is C=C1CN(c2ccc(OC)cc2)/C(=N/C(C)=O)S1. The minimum absolute atomic E-state index is 0.203. The number of hydrogen-bond acceptors (Lipinski definition) is 3. The van der Waals surface area contributed by atoms with Crippen molar-refractivity contribution in [3.63, 3.8) is 0 Å². The lowest BCUT2D eigenvalue weighted by atomic mass is 10.3. The molecular weight excluding hydrogens is 248 g/mol. The number of carbonyl (C=O) groups excluding carboxylic acids is 1. The van der Waals surface area contributed by atoms with Crippen LogP contribution in [0.5, 0.6) is 5.75 Å². The van der Waals surface area contributed by atoms with Crippen LogP contribution in [0.15, 0.2) is 40.7 Å². The van der Waals surface area contributed by atoms with Gasteiger partial charge in [-0.05, 0) is 24.3 Å². The van der Waals surface area contributed by atoms with Crippen molar-refractivity contribution in [1.29, 1.82) is 0 Å². The van der Waals surface area contributed by atoms with E-state index >= 15 is 0 Å². The number of amidine groups is 1. The van der Waals surface area contributed by atoms with Crippen molar-refractivity contribution in [2.24, 2.45) is 4.99 Å². The van der Waals surface area contributed by atoms with Crippen molar-refractivity contribution < 1.29 is 9.53 Å². The maximum absolute atomic E-state index is 11.1. The van der Waals surface area contributed by atoms with E-state index in [4.69, 9.17) is 4.74 Å². The topological polar surface area (TPSA) is 41.9 Å². The number of methoxy groups -OCH3 is 1. The van der Waals surface area contributed by atoms with Gasteiger partial charge in [0.15, 0.2) is 5.17 Å². The van der Waals surface area contributed by atoms with Crippen LogP contribution in [-0.4, -0.2) is 24.7 Å². The molecule has 1 aromatic carbocycles. The summed E-state index contributed by atoms with van der Waals surface area (Å²) < 4.78 is 5.12. The summed E-state index contributed by atoms with van der Waals surface area (Å²) in [6.45, 7) is 6.04. The predicted octanol–water partition coefficient (Wildman–Crippen LogP) is 2.66. The third kappa shape index (κ3) is 2.73. The Morgan fingerprint density at radius 1 is 1.44 bits per heavy atom. The Labute approximate surface area is 110 Å². The first-order valence-electron chi connectivity index (χ1n) is 5.46. The zero-order valence-electron chi connectivity index (χ0n) is 10.3. The molecular formula is C13H14N2O2S. The number of hydrogen-bond donors (Lipinski definition) is 0. The number of amides is 1. The molecule has 2 rings (SSSR count). The third-order valence-corrected chi connectivity index (χ3v) is 3.35. The third-order valence-electron chi connectivity index (χ3n) is 2.44. The fraction of sp³-hybridized carbons (Fsp3) is 0.231. The predicted molar refractivity (Wildman–Crippen MR) is 75.2 cm³/mol. The summed E-state index contributed by atoms with van der Waals surface area (Å²) in [5.41, 5.74) is 0.974. The van der Waals surface area contributed by atoms with Crippen molar-refractivity contribution in [3.05, 3.63) is 35.7 Å². The van der Waals surface area contributed by atoms with Gasteiger partial charge in [0.25, 0.3) is 0 Å². The maximum Gasteiger partial charge on any atom is 0.244 e. The van der Waals surface area contributed by atoms with Gasteiger partial charge in [0, 0.05) is 17.5 Å². The van der Waals surface area contributed by atoms with Gasteiger partial charge in [-0.1, -0.05) is 18.3 Å². The van der Waals surface area contributed by atoms with Crippen LogP contribution in [0.4, 0.5) is 5.69 Å². The second kappa shape index (κ2) is 5.27. The molecule has 0 unspecified atom stereocenters. The van der Waals surface area contributed by atoms with Crippen LogP contribution < -0.4 is 9.64 Å². The van der Waals surface area contributed by atoms with E-state index < -0.39 is 0 Å². The lowest BCUT2D eigenvalue weighted by Gasteiger charge is -2.17. The Morgan fingerprint density at radius 2 is 2.11 bits per heavy atom. The van der Waals surface area contributed by atoms with E-state index in [1.54, 1.807) is 7.11 Å². The molecule has 1 heterocycles. The minimum Gasteiger partial charge on any atom is -0.497 e. The van der Waals surface area contributed by atoms with E-state index in [0.717, 1.165) is 16.3 Å². The first-order chi connectivity index (χ1) is 8.60. The van der Waals surface area contributed by atoms with Gasteiger partial charge in [0.05, 0.1) is 13.7 Å². The molecule has 0 radical (unpaired) electrons. The molecule has 0 bridgehead atoms. The average molecular weight is 262 g/mol. The number of nitrogens with zero attached hydrogens (tertiary/aromatic N) is 2. The second-order valence-electron chi connectivity index (χ2n) is 3.84. The molecule has 0 atom stereocenters. The smallest absolute Gasteiger partial charge is 0.244 e. The Bertz CT molecular complexity index is 508. The standard InChI is InChI=1S/C13H14N2O2S/c1-9-8-15(13(18-9)14-10(2)16)11-4-6-12(17-3)7-5-11/h4-7H,1,8H2,2-3H3/b14-13-. The van der Waals surface area contributed by atoms with E-state index in [1.165, 1.54) is 18.7 Å². The zero-order chi connectivity index (χ0) is 13.1. The van der Waals surface area contributed by atoms with Gasteiger partial charge in [-0.3, -0.25) is 4.79 Å². The molecule has 1 amide bonds. The number of ether oxygens (including phenoxy) is 1. The van der Waals surface area contributed by atoms with Gasteiger partial charge in [-0.2, -0.15) is 4.99 Å². The highest BCUT2D eigenvalue weighted by molar-refractivity contribution is 8.18. The summed E-state index contributed by atoms with van der Waals surface area (Å²) >= 11 is 1.44. The van der Waals surface area contributed by atoms with Crippen LogP contribution in [0.25, 0.3) is 0 Å². The number of aliphatic imine (C=N–C) groups is 1. The highest BCUT2D eigenvalue weighted by atomic mass is 32.2. The van der Waals surface area contributed by atoms with Crippen LogP contribution in [0.2, 0.25) is 0 Å². The monoisotopic (exact) mass is 262 g/mol. The number of rotatable bonds is 2. The lowest BCUT2D eigenvalue weighted by molar-refractivity contribution is -0.115. The maximum atomic E-state index is 11.1. The first kappa shape index (κ1) is 12.7. The van der Waals surface area contributed by atoms with Gasteiger partial charge in [0.2, 0.25) is 5.91 Å². The van der Waals surface area contributed by atoms with Crippen molar-refractivity contribution >= 4 is 28.5 Å². The molecule has 1 saturated heterocycles. The van der Waals surface area contributed by atoms with E-state index in [2.05, 4.69) is 11.6 Å². The Hall–Kier alpha value is -1.75. The van der Waals surface area contributed by atoms with E-state index in [0.29, 0.717) is 11.7 Å². The minimum atomic E-state index is -0.203. The molecule has 0 aromatic heterocycles. The Morgan fingerprint density at radius 3 is 2.67 bits per heavy atom. The molecule has 1 aliphatic heterocycles. The normalized spacial score (nSPS) is 17.3. The molecule has 1 aromatic rings. The Kier molecular flexibility index (Phi) is 3.72. The molecule has 1 aliphatic rings. The molecule has 1 fully saturated rings. The van der Waals surface area contributed by atoms with Crippen molar-refractivity contribution in [2.75, 3.05) is 18.6 Å². The molecule has 0 spiro atoms. The van der Waals surface area contributed by atoms with Crippen molar-refractivity contribution in [3.8, 4) is 5.75 Å². The quantitative estimate of drug-likeness (QED) is 0.821. The molecule has 18 heavy (non-hydrogen) atoms. The van der Waals surface area contributed by atoms with Gasteiger partial charge >= 0.3 is 0 Å². The summed E-state index contributed by atoms with van der Waals surface area (Å²) in [6.07, 6.45) is 0. The highest BCUT2D eigenvalue weighted by Gasteiger charge is 2.24. The molecule has 4 nitrogen and oxygen atoms in total. The van der Waals surface area contributed by atoms with E-state index in [1.807, 2.05) is 29.2 Å².